The van der Waals surface area contributed by atoms with E-state index in [4.69, 9.17) is 16.3 Å². The van der Waals surface area contributed by atoms with Crippen LogP contribution in [0.4, 0.5) is 0 Å². The van der Waals surface area contributed by atoms with E-state index in [0.29, 0.717) is 42.5 Å². The van der Waals surface area contributed by atoms with Crippen molar-refractivity contribution in [1.29, 1.82) is 0 Å². The lowest BCUT2D eigenvalue weighted by atomic mass is 10.0. The Bertz CT molecular complexity index is 873. The third-order valence-corrected chi connectivity index (χ3v) is 4.96. The van der Waals surface area contributed by atoms with E-state index in [1.165, 1.54) is 6.08 Å². The van der Waals surface area contributed by atoms with Gasteiger partial charge in [-0.2, -0.15) is 0 Å². The van der Waals surface area contributed by atoms with Gasteiger partial charge in [0.05, 0.1) is 7.11 Å². The van der Waals surface area contributed by atoms with Gasteiger partial charge in [-0.05, 0) is 35.9 Å². The monoisotopic (exact) mass is 384 g/mol. The molecule has 0 radical (unpaired) electrons. The van der Waals surface area contributed by atoms with Gasteiger partial charge >= 0.3 is 0 Å². The van der Waals surface area contributed by atoms with Crippen LogP contribution < -0.4 is 4.74 Å². The number of carbonyl (C=O) groups excluding carboxylic acids is 2. The molecular weight excluding hydrogens is 364 g/mol. The largest absolute Gasteiger partial charge is 0.497 e. The van der Waals surface area contributed by atoms with Crippen molar-refractivity contribution in [3.05, 3.63) is 65.7 Å². The lowest BCUT2D eigenvalue weighted by Crippen LogP contribution is -2.50. The quantitative estimate of drug-likeness (QED) is 0.758. The first-order chi connectivity index (χ1) is 13.0. The Hall–Kier alpha value is -2.79. The second kappa shape index (κ2) is 8.27. The molecule has 0 atom stereocenters. The summed E-state index contributed by atoms with van der Waals surface area (Å²) in [4.78, 5) is 28.1. The number of benzene rings is 2. The number of piperazine rings is 1. The number of methoxy groups -OCH3 is 1. The third-order valence-electron chi connectivity index (χ3n) is 4.63. The molecule has 0 spiro atoms. The number of amides is 2. The number of nitrogens with zero attached hydrogens (tertiary/aromatic N) is 2. The van der Waals surface area contributed by atoms with Crippen LogP contribution >= 0.6 is 11.6 Å². The highest BCUT2D eigenvalue weighted by Gasteiger charge is 2.24. The van der Waals surface area contributed by atoms with Crippen molar-refractivity contribution >= 4 is 23.4 Å². The molecule has 1 heterocycles. The standard InChI is InChI=1S/C21H21ClN2O3/c1-3-20(25)23-8-10-24(11-9-23)21(26)16-12-15(13-17(14-16)27-2)18-6-4-5-7-19(18)22/h3-7,12-14H,1,8-11H2,2H3. The van der Waals surface area contributed by atoms with E-state index in [-0.39, 0.29) is 11.8 Å². The van der Waals surface area contributed by atoms with Gasteiger partial charge in [0.2, 0.25) is 5.91 Å². The topological polar surface area (TPSA) is 49.9 Å². The molecular formula is C21H21ClN2O3. The minimum atomic E-state index is -0.107. The van der Waals surface area contributed by atoms with Crippen molar-refractivity contribution in [3.63, 3.8) is 0 Å². The van der Waals surface area contributed by atoms with Crippen LogP contribution in [0.5, 0.6) is 5.75 Å². The van der Waals surface area contributed by atoms with E-state index in [1.54, 1.807) is 23.0 Å². The van der Waals surface area contributed by atoms with E-state index in [2.05, 4.69) is 6.58 Å². The average molecular weight is 385 g/mol. The molecule has 2 aromatic carbocycles. The van der Waals surface area contributed by atoms with Gasteiger partial charge in [0.1, 0.15) is 5.75 Å². The molecule has 0 saturated carbocycles. The van der Waals surface area contributed by atoms with Crippen LogP contribution in [0.1, 0.15) is 10.4 Å². The predicted octanol–water partition coefficient (Wildman–Crippen LogP) is 3.49. The zero-order valence-corrected chi connectivity index (χ0v) is 15.9. The minimum Gasteiger partial charge on any atom is -0.497 e. The van der Waals surface area contributed by atoms with Crippen LogP contribution in [-0.2, 0) is 4.79 Å². The number of carbonyl (C=O) groups is 2. The fraction of sp³-hybridized carbons (Fsp3) is 0.238. The Balaban J connectivity index is 1.85. The maximum Gasteiger partial charge on any atom is 0.254 e. The number of halogens is 1. The van der Waals surface area contributed by atoms with E-state index in [0.717, 1.165) is 11.1 Å². The van der Waals surface area contributed by atoms with Gasteiger partial charge in [0.15, 0.2) is 0 Å². The van der Waals surface area contributed by atoms with Crippen molar-refractivity contribution in [2.75, 3.05) is 33.3 Å². The van der Waals surface area contributed by atoms with Crippen molar-refractivity contribution in [2.24, 2.45) is 0 Å². The molecule has 6 heteroatoms. The molecule has 0 aliphatic carbocycles. The van der Waals surface area contributed by atoms with E-state index < -0.39 is 0 Å². The molecule has 1 aliphatic rings. The van der Waals surface area contributed by atoms with Crippen LogP contribution in [0, 0.1) is 0 Å². The zero-order valence-electron chi connectivity index (χ0n) is 15.2. The molecule has 1 saturated heterocycles. The maximum absolute atomic E-state index is 13.0. The van der Waals surface area contributed by atoms with Gasteiger partial charge in [-0.15, -0.1) is 0 Å². The Morgan fingerprint density at radius 2 is 1.74 bits per heavy atom. The number of ether oxygens (including phenoxy) is 1. The summed E-state index contributed by atoms with van der Waals surface area (Å²) in [5.74, 6) is 0.397. The summed E-state index contributed by atoms with van der Waals surface area (Å²) in [5.41, 5.74) is 2.20. The SMILES string of the molecule is C=CC(=O)N1CCN(C(=O)c2cc(OC)cc(-c3ccccc3Cl)c2)CC1. The van der Waals surface area contributed by atoms with Crippen molar-refractivity contribution in [3.8, 4) is 16.9 Å². The predicted molar refractivity (Wildman–Crippen MR) is 106 cm³/mol. The normalized spacial score (nSPS) is 14.0. The third kappa shape index (κ3) is 4.14. The highest BCUT2D eigenvalue weighted by atomic mass is 35.5. The molecule has 0 bridgehead atoms. The Morgan fingerprint density at radius 3 is 2.37 bits per heavy atom. The van der Waals surface area contributed by atoms with E-state index >= 15 is 0 Å². The van der Waals surface area contributed by atoms with Gasteiger partial charge in [-0.3, -0.25) is 9.59 Å². The molecule has 5 nitrogen and oxygen atoms in total. The second-order valence-corrected chi connectivity index (χ2v) is 6.66. The van der Waals surface area contributed by atoms with Gasteiger partial charge in [0, 0.05) is 42.3 Å². The van der Waals surface area contributed by atoms with Crippen LogP contribution in [0.15, 0.2) is 55.1 Å². The molecule has 2 amide bonds. The Labute approximate surface area is 163 Å². The zero-order chi connectivity index (χ0) is 19.4. The second-order valence-electron chi connectivity index (χ2n) is 6.25. The summed E-state index contributed by atoms with van der Waals surface area (Å²) < 4.78 is 5.38. The van der Waals surface area contributed by atoms with Crippen molar-refractivity contribution in [1.82, 2.24) is 9.80 Å². The smallest absolute Gasteiger partial charge is 0.254 e. The Kier molecular flexibility index (Phi) is 5.81. The van der Waals surface area contributed by atoms with Gasteiger partial charge < -0.3 is 14.5 Å². The molecule has 140 valence electrons. The molecule has 1 fully saturated rings. The summed E-state index contributed by atoms with van der Waals surface area (Å²) >= 11 is 6.31. The van der Waals surface area contributed by atoms with Crippen molar-refractivity contribution in [2.45, 2.75) is 0 Å². The maximum atomic E-state index is 13.0. The average Bonchev–Trinajstić information content (AvgIpc) is 2.72. The number of hydrogen-bond acceptors (Lipinski definition) is 3. The van der Waals surface area contributed by atoms with Crippen LogP contribution in [0.25, 0.3) is 11.1 Å². The molecule has 0 aromatic heterocycles. The Morgan fingerprint density at radius 1 is 1.07 bits per heavy atom. The van der Waals surface area contributed by atoms with Gasteiger partial charge in [-0.1, -0.05) is 36.4 Å². The fourth-order valence-corrected chi connectivity index (χ4v) is 3.38. The molecule has 2 aromatic rings. The fourth-order valence-electron chi connectivity index (χ4n) is 3.13. The first kappa shape index (κ1) is 19.0. The summed E-state index contributed by atoms with van der Waals surface area (Å²) in [6, 6.07) is 12.9. The van der Waals surface area contributed by atoms with Crippen LogP contribution in [0.3, 0.4) is 0 Å². The van der Waals surface area contributed by atoms with Crippen LogP contribution in [-0.4, -0.2) is 54.9 Å². The molecule has 0 unspecified atom stereocenters. The number of hydrogen-bond donors (Lipinski definition) is 0. The van der Waals surface area contributed by atoms with Crippen LogP contribution in [0.2, 0.25) is 5.02 Å². The summed E-state index contributed by atoms with van der Waals surface area (Å²) in [7, 11) is 1.57. The lowest BCUT2D eigenvalue weighted by Gasteiger charge is -2.34. The minimum absolute atomic E-state index is 0.0899. The van der Waals surface area contributed by atoms with E-state index in [9.17, 15) is 9.59 Å². The molecule has 0 N–H and O–H groups in total. The highest BCUT2D eigenvalue weighted by molar-refractivity contribution is 6.33. The first-order valence-electron chi connectivity index (χ1n) is 8.68. The number of rotatable bonds is 4. The first-order valence-corrected chi connectivity index (χ1v) is 9.06. The van der Waals surface area contributed by atoms with Crippen molar-refractivity contribution < 1.29 is 14.3 Å². The van der Waals surface area contributed by atoms with Gasteiger partial charge in [-0.25, -0.2) is 0 Å². The summed E-state index contributed by atoms with van der Waals surface area (Å²) in [6.07, 6.45) is 1.30. The van der Waals surface area contributed by atoms with E-state index in [1.807, 2.05) is 36.4 Å². The molecule has 27 heavy (non-hydrogen) atoms. The molecule has 1 aliphatic heterocycles. The highest BCUT2D eigenvalue weighted by Crippen LogP contribution is 2.31. The lowest BCUT2D eigenvalue weighted by molar-refractivity contribution is -0.127. The summed E-state index contributed by atoms with van der Waals surface area (Å²) in [6.45, 7) is 5.47. The molecule has 3 rings (SSSR count). The summed E-state index contributed by atoms with van der Waals surface area (Å²) in [5, 5.41) is 0.612. The van der Waals surface area contributed by atoms with Gasteiger partial charge in [0.25, 0.3) is 5.91 Å².